The average molecular weight is 809 g/mol. The molecule has 6 rings (SSSR count). The predicted octanol–water partition coefficient (Wildman–Crippen LogP) is 5.68. The lowest BCUT2D eigenvalue weighted by Crippen LogP contribution is -2.60. The quantitative estimate of drug-likeness (QED) is 0.142. The van der Waals surface area contributed by atoms with Crippen molar-refractivity contribution in [2.24, 2.45) is 17.8 Å². The second-order valence-electron chi connectivity index (χ2n) is 10.2. The fourth-order valence-corrected chi connectivity index (χ4v) is 8.86. The molecule has 2 aromatic carbocycles. The van der Waals surface area contributed by atoms with Gasteiger partial charge < -0.3 is 5.11 Å². The van der Waals surface area contributed by atoms with E-state index in [4.69, 9.17) is 23.2 Å². The van der Waals surface area contributed by atoms with E-state index in [0.717, 1.165) is 8.47 Å². The number of halogens is 5. The Bertz CT molecular complexity index is 1500. The van der Waals surface area contributed by atoms with E-state index in [0.29, 0.717) is 21.3 Å². The van der Waals surface area contributed by atoms with Gasteiger partial charge in [0.15, 0.2) is 9.75 Å². The van der Waals surface area contributed by atoms with Crippen molar-refractivity contribution in [3.05, 3.63) is 67.7 Å². The molecule has 2 aromatic rings. The van der Waals surface area contributed by atoms with Crippen LogP contribution >= 0.6 is 77.7 Å². The molecule has 4 amide bonds. The third kappa shape index (κ3) is 3.70. The molecular formula is C27H19Br2Cl2IN2O5. The molecule has 0 aromatic heterocycles. The summed E-state index contributed by atoms with van der Waals surface area (Å²) in [6.07, 6.45) is 1.98. The number of benzene rings is 2. The lowest BCUT2D eigenvalue weighted by atomic mass is 9.56. The summed E-state index contributed by atoms with van der Waals surface area (Å²) >= 11 is 23.2. The van der Waals surface area contributed by atoms with Gasteiger partial charge in [-0.3, -0.25) is 29.0 Å². The van der Waals surface area contributed by atoms with E-state index in [1.165, 1.54) is 11.0 Å². The zero-order valence-corrected chi connectivity index (χ0v) is 26.8. The first-order valence-electron chi connectivity index (χ1n) is 12.1. The second-order valence-corrected chi connectivity index (χ2v) is 14.1. The zero-order chi connectivity index (χ0) is 28.0. The van der Waals surface area contributed by atoms with Gasteiger partial charge in [0.1, 0.15) is 5.75 Å². The van der Waals surface area contributed by atoms with Crippen LogP contribution in [0.5, 0.6) is 5.75 Å². The third-order valence-electron chi connectivity index (χ3n) is 8.40. The molecule has 3 fully saturated rings. The van der Waals surface area contributed by atoms with Gasteiger partial charge in [-0.25, -0.2) is 0 Å². The molecule has 2 heterocycles. The molecule has 12 heteroatoms. The minimum absolute atomic E-state index is 0.107. The number of hydrogen-bond acceptors (Lipinski definition) is 5. The van der Waals surface area contributed by atoms with Gasteiger partial charge in [-0.1, -0.05) is 43.5 Å². The second kappa shape index (κ2) is 9.54. The number of anilines is 1. The summed E-state index contributed by atoms with van der Waals surface area (Å²) in [7, 11) is 0. The first kappa shape index (κ1) is 27.7. The molecule has 0 bridgehead atoms. The van der Waals surface area contributed by atoms with Crippen molar-refractivity contribution in [3.63, 3.8) is 0 Å². The van der Waals surface area contributed by atoms with Crippen molar-refractivity contribution in [1.82, 2.24) is 4.90 Å². The fraction of sp³-hybridized carbons (Fsp3) is 0.333. The minimum Gasteiger partial charge on any atom is -0.508 e. The molecule has 7 nitrogen and oxygen atoms in total. The number of phenols is 1. The van der Waals surface area contributed by atoms with Crippen molar-refractivity contribution < 1.29 is 24.3 Å². The van der Waals surface area contributed by atoms with Gasteiger partial charge in [-0.05, 0) is 83.8 Å². The van der Waals surface area contributed by atoms with Crippen LogP contribution in [0.2, 0.25) is 0 Å². The van der Waals surface area contributed by atoms with Crippen molar-refractivity contribution >= 4 is 107 Å². The first-order chi connectivity index (χ1) is 18.5. The van der Waals surface area contributed by atoms with E-state index < -0.39 is 45.2 Å². The molecular weight excluding hydrogens is 790 g/mol. The molecule has 0 spiro atoms. The van der Waals surface area contributed by atoms with E-state index in [1.54, 1.807) is 24.3 Å². The lowest BCUT2D eigenvalue weighted by Gasteiger charge is -2.50. The Labute approximate surface area is 264 Å². The Kier molecular flexibility index (Phi) is 6.77. The van der Waals surface area contributed by atoms with Crippen LogP contribution in [-0.4, -0.2) is 48.8 Å². The van der Waals surface area contributed by atoms with E-state index in [-0.39, 0.29) is 35.9 Å². The molecule has 0 unspecified atom stereocenters. The van der Waals surface area contributed by atoms with Gasteiger partial charge in [0.2, 0.25) is 11.8 Å². The highest BCUT2D eigenvalue weighted by atomic mass is 127. The standard InChI is InChI=1S/C27H19Br2Cl2IN2O5/c28-11-33-24(38)26(30)10-18-15(21(27(26,31)25(33)39)17-9-12(29)1-8-19(17)35)6-7-16-20(18)23(37)34(22(16)36)14-4-2-13(32)3-5-14/h1-6,8-9,16,18,20-21,35H,7,10-11H2/t16-,18+,20-,21+,26+,27-/m0/s1. The van der Waals surface area contributed by atoms with Crippen LogP contribution in [0.4, 0.5) is 5.69 Å². The Balaban J connectivity index is 1.53. The van der Waals surface area contributed by atoms with Crippen LogP contribution in [-0.2, 0) is 19.2 Å². The number of carbonyl (C=O) groups is 4. The maximum absolute atomic E-state index is 14.0. The Morgan fingerprint density at radius 2 is 1.69 bits per heavy atom. The first-order valence-corrected chi connectivity index (χ1v) is 15.8. The Morgan fingerprint density at radius 1 is 1.00 bits per heavy atom. The summed E-state index contributed by atoms with van der Waals surface area (Å²) in [5.41, 5.74) is 1.29. The van der Waals surface area contributed by atoms with Crippen molar-refractivity contribution in [3.8, 4) is 5.75 Å². The minimum atomic E-state index is -1.96. The summed E-state index contributed by atoms with van der Waals surface area (Å²) in [6.45, 7) is 0. The lowest BCUT2D eigenvalue weighted by molar-refractivity contribution is -0.138. The number of imide groups is 2. The van der Waals surface area contributed by atoms with Gasteiger partial charge in [0, 0.05) is 19.5 Å². The van der Waals surface area contributed by atoms with Crippen molar-refractivity contribution in [2.45, 2.75) is 28.5 Å². The van der Waals surface area contributed by atoms with Crippen LogP contribution in [0.3, 0.4) is 0 Å². The van der Waals surface area contributed by atoms with Gasteiger partial charge >= 0.3 is 0 Å². The van der Waals surface area contributed by atoms with Gasteiger partial charge in [-0.15, -0.1) is 23.2 Å². The van der Waals surface area contributed by atoms with Crippen LogP contribution < -0.4 is 4.90 Å². The number of fused-ring (bicyclic) bond motifs is 4. The maximum atomic E-state index is 14.0. The van der Waals surface area contributed by atoms with Crippen LogP contribution in [0, 0.1) is 21.3 Å². The smallest absolute Gasteiger partial charge is 0.254 e. The maximum Gasteiger partial charge on any atom is 0.254 e. The normalized spacial score (nSPS) is 33.7. The van der Waals surface area contributed by atoms with Gasteiger partial charge in [-0.2, -0.15) is 0 Å². The molecule has 202 valence electrons. The summed E-state index contributed by atoms with van der Waals surface area (Å²) in [6, 6.07) is 11.9. The molecule has 6 atom stereocenters. The summed E-state index contributed by atoms with van der Waals surface area (Å²) in [5, 5.41) is 11.0. The number of amides is 4. The SMILES string of the molecule is O=C1[C@H]2[C@H](CC=C3[C@H]2C[C@@]2(Cl)C(=O)N(CBr)C(=O)[C@@]2(Cl)[C@H]3c2cc(Br)ccc2O)C(=O)N1c1ccc(I)cc1. The fourth-order valence-electron chi connectivity index (χ4n) is 6.70. The molecule has 2 aliphatic heterocycles. The topological polar surface area (TPSA) is 95.0 Å². The number of hydrogen-bond donors (Lipinski definition) is 1. The predicted molar refractivity (Wildman–Crippen MR) is 161 cm³/mol. The molecule has 0 radical (unpaired) electrons. The van der Waals surface area contributed by atoms with Gasteiger partial charge in [0.25, 0.3) is 11.8 Å². The highest BCUT2D eigenvalue weighted by molar-refractivity contribution is 14.1. The Hall–Kier alpha value is -1.47. The molecule has 2 aliphatic carbocycles. The number of aromatic hydroxyl groups is 1. The van der Waals surface area contributed by atoms with Crippen molar-refractivity contribution in [2.75, 3.05) is 10.4 Å². The van der Waals surface area contributed by atoms with Gasteiger partial charge in [0.05, 0.1) is 23.0 Å². The highest BCUT2D eigenvalue weighted by Gasteiger charge is 2.76. The zero-order valence-electron chi connectivity index (χ0n) is 19.9. The number of alkyl halides is 3. The van der Waals surface area contributed by atoms with Crippen LogP contribution in [0.15, 0.2) is 58.6 Å². The Morgan fingerprint density at radius 3 is 2.36 bits per heavy atom. The number of phenolic OH excluding ortho intramolecular Hbond substituents is 1. The van der Waals surface area contributed by atoms with Crippen LogP contribution in [0.25, 0.3) is 0 Å². The average Bonchev–Trinajstić information content (AvgIpc) is 3.24. The van der Waals surface area contributed by atoms with Crippen LogP contribution in [0.1, 0.15) is 24.3 Å². The number of rotatable bonds is 3. The summed E-state index contributed by atoms with van der Waals surface area (Å²) in [5.74, 6) is -5.30. The van der Waals surface area contributed by atoms with E-state index in [1.807, 2.05) is 18.2 Å². The number of likely N-dealkylation sites (tertiary alicyclic amines) is 1. The summed E-state index contributed by atoms with van der Waals surface area (Å²) in [4.78, 5) is 53.3. The highest BCUT2D eigenvalue weighted by Crippen LogP contribution is 2.66. The van der Waals surface area contributed by atoms with E-state index in [2.05, 4.69) is 54.5 Å². The van der Waals surface area contributed by atoms with E-state index >= 15 is 0 Å². The number of nitrogens with zero attached hydrogens (tertiary/aromatic N) is 2. The number of allylic oxidation sites excluding steroid dienone is 2. The molecule has 1 saturated carbocycles. The summed E-state index contributed by atoms with van der Waals surface area (Å²) < 4.78 is 1.59. The number of carbonyl (C=O) groups excluding carboxylic acids is 4. The van der Waals surface area contributed by atoms with E-state index in [9.17, 15) is 24.3 Å². The molecule has 39 heavy (non-hydrogen) atoms. The third-order valence-corrected chi connectivity index (χ3v) is 11.5. The monoisotopic (exact) mass is 806 g/mol. The molecule has 1 N–H and O–H groups in total. The molecule has 2 saturated heterocycles. The van der Waals surface area contributed by atoms with Crippen molar-refractivity contribution in [1.29, 1.82) is 0 Å². The molecule has 4 aliphatic rings. The largest absolute Gasteiger partial charge is 0.508 e.